The molecule has 0 aromatic carbocycles. The van der Waals surface area contributed by atoms with Gasteiger partial charge in [0.2, 0.25) is 0 Å². The maximum Gasteiger partial charge on any atom is 0.340 e. The summed E-state index contributed by atoms with van der Waals surface area (Å²) in [6.45, 7) is 26.4. The second kappa shape index (κ2) is 15.5. The van der Waals surface area contributed by atoms with Gasteiger partial charge in [0.25, 0.3) is 0 Å². The first kappa shape index (κ1) is 36.2. The highest BCUT2D eigenvalue weighted by Crippen LogP contribution is 2.38. The van der Waals surface area contributed by atoms with Gasteiger partial charge in [-0.1, -0.05) is 31.2 Å². The Morgan fingerprint density at radius 1 is 1.15 bits per heavy atom. The molecular weight excluding hydrogens is 598 g/mol. The average molecular weight is 652 g/mol. The van der Waals surface area contributed by atoms with Crippen LogP contribution in [0.5, 0.6) is 0 Å². The van der Waals surface area contributed by atoms with Crippen LogP contribution in [0.25, 0.3) is 5.65 Å². The molecule has 3 aromatic heterocycles. The van der Waals surface area contributed by atoms with Gasteiger partial charge in [-0.2, -0.15) is 9.61 Å². The minimum atomic E-state index is -0.994. The van der Waals surface area contributed by atoms with Gasteiger partial charge in [-0.15, -0.1) is 18.3 Å². The third-order valence-electron chi connectivity index (χ3n) is 8.07. The maximum absolute atomic E-state index is 13.5. The zero-order valence-electron chi connectivity index (χ0n) is 29.5. The Kier molecular flexibility index (Phi) is 12.0. The molecule has 1 fully saturated rings. The molecule has 47 heavy (non-hydrogen) atoms. The standard InChI is InChI=1S/C35H53N7O5/c1-11-18-45-28(20-24(4)5)27-23-41(39-37-27)22-26-21-29-36-25(6)30(31(33(43)44-13-3)47-34(7,8)9)32(42(29)38-26)40-16-14-35(10,15-17-40)46-19-12-2/h11-12,21,23-24,28,31H,1-2,13-20,22H2,3-10H3/t28?,31-/m0/s1. The van der Waals surface area contributed by atoms with Gasteiger partial charge in [0.1, 0.15) is 17.6 Å². The predicted molar refractivity (Wildman–Crippen MR) is 181 cm³/mol. The summed E-state index contributed by atoms with van der Waals surface area (Å²) in [5.74, 6) is 0.736. The highest BCUT2D eigenvalue weighted by atomic mass is 16.6. The molecule has 0 bridgehead atoms. The molecule has 0 aliphatic carbocycles. The number of ether oxygens (including phenoxy) is 4. The molecule has 1 aliphatic rings. The molecule has 0 N–H and O–H groups in total. The third-order valence-corrected chi connectivity index (χ3v) is 8.07. The summed E-state index contributed by atoms with van der Waals surface area (Å²) in [6.07, 6.45) is 6.65. The van der Waals surface area contributed by atoms with E-state index in [1.807, 2.05) is 44.5 Å². The topological polar surface area (TPSA) is 118 Å². The maximum atomic E-state index is 13.5. The van der Waals surface area contributed by atoms with Crippen molar-refractivity contribution in [2.45, 2.75) is 105 Å². The van der Waals surface area contributed by atoms with Gasteiger partial charge in [0.05, 0.1) is 55.0 Å². The molecule has 3 aromatic rings. The number of hydrogen-bond acceptors (Lipinski definition) is 10. The van der Waals surface area contributed by atoms with E-state index in [1.165, 1.54) is 0 Å². The lowest BCUT2D eigenvalue weighted by Crippen LogP contribution is -2.45. The van der Waals surface area contributed by atoms with Gasteiger partial charge in [-0.05, 0) is 66.7 Å². The van der Waals surface area contributed by atoms with E-state index in [-0.39, 0.29) is 18.3 Å². The summed E-state index contributed by atoms with van der Waals surface area (Å²) in [5, 5.41) is 13.9. The lowest BCUT2D eigenvalue weighted by atomic mass is 9.92. The highest BCUT2D eigenvalue weighted by molar-refractivity contribution is 5.80. The molecule has 0 radical (unpaired) electrons. The van der Waals surface area contributed by atoms with Crippen LogP contribution in [0.1, 0.15) is 103 Å². The molecule has 1 aliphatic heterocycles. The van der Waals surface area contributed by atoms with Crippen molar-refractivity contribution in [3.8, 4) is 0 Å². The van der Waals surface area contributed by atoms with Crippen LogP contribution >= 0.6 is 0 Å². The van der Waals surface area contributed by atoms with Crippen LogP contribution in [-0.4, -0.2) is 79.7 Å². The number of aryl methyl sites for hydroxylation is 1. The minimum Gasteiger partial charge on any atom is -0.464 e. The van der Waals surface area contributed by atoms with Crippen molar-refractivity contribution in [2.75, 3.05) is 37.8 Å². The second-order valence-electron chi connectivity index (χ2n) is 13.8. The van der Waals surface area contributed by atoms with Crippen molar-refractivity contribution >= 4 is 17.4 Å². The summed E-state index contributed by atoms with van der Waals surface area (Å²) in [6, 6.07) is 1.95. The summed E-state index contributed by atoms with van der Waals surface area (Å²) in [4.78, 5) is 20.7. The van der Waals surface area contributed by atoms with Crippen LogP contribution in [0.3, 0.4) is 0 Å². The third kappa shape index (κ3) is 9.27. The van der Waals surface area contributed by atoms with Gasteiger partial charge in [0, 0.05) is 24.8 Å². The fourth-order valence-electron chi connectivity index (χ4n) is 5.83. The Bertz CT molecular complexity index is 1510. The molecule has 12 heteroatoms. The van der Waals surface area contributed by atoms with E-state index in [0.29, 0.717) is 55.7 Å². The number of rotatable bonds is 16. The molecule has 1 saturated heterocycles. The monoisotopic (exact) mass is 651 g/mol. The zero-order valence-corrected chi connectivity index (χ0v) is 29.5. The van der Waals surface area contributed by atoms with Crippen molar-refractivity contribution in [3.63, 3.8) is 0 Å². The van der Waals surface area contributed by atoms with Crippen molar-refractivity contribution in [3.05, 3.63) is 60.2 Å². The quantitative estimate of drug-likeness (QED) is 0.136. The molecule has 4 heterocycles. The van der Waals surface area contributed by atoms with E-state index in [4.69, 9.17) is 29.0 Å². The van der Waals surface area contributed by atoms with Gasteiger partial charge in [-0.3, -0.25) is 0 Å². The average Bonchev–Trinajstić information content (AvgIpc) is 3.63. The SMILES string of the molecule is C=CCOC(CC(C)C)c1cn(Cc2cc3nc(C)c([C@H](OC(C)(C)C)C(=O)OCC)c(N4CCC(C)(OCC=C)CC4)n3n2)nn1. The van der Waals surface area contributed by atoms with Crippen molar-refractivity contribution in [1.82, 2.24) is 29.6 Å². The Morgan fingerprint density at radius 3 is 2.47 bits per heavy atom. The number of hydrogen-bond donors (Lipinski definition) is 0. The molecule has 0 amide bonds. The fraction of sp³-hybridized carbons (Fsp3) is 0.629. The number of esters is 1. The number of fused-ring (bicyclic) bond motifs is 1. The first-order chi connectivity index (χ1) is 22.3. The molecule has 1 unspecified atom stereocenters. The Morgan fingerprint density at radius 2 is 1.85 bits per heavy atom. The summed E-state index contributed by atoms with van der Waals surface area (Å²) in [7, 11) is 0. The number of anilines is 1. The largest absolute Gasteiger partial charge is 0.464 e. The van der Waals surface area contributed by atoms with Gasteiger partial charge >= 0.3 is 5.97 Å². The Balaban J connectivity index is 1.77. The van der Waals surface area contributed by atoms with Crippen LogP contribution in [-0.2, 0) is 30.3 Å². The van der Waals surface area contributed by atoms with Gasteiger partial charge < -0.3 is 23.8 Å². The number of aromatic nitrogens is 6. The molecule has 4 rings (SSSR count). The summed E-state index contributed by atoms with van der Waals surface area (Å²) < 4.78 is 27.7. The van der Waals surface area contributed by atoms with Crippen LogP contribution in [0.4, 0.5) is 5.82 Å². The normalized spacial score (nSPS) is 16.4. The predicted octanol–water partition coefficient (Wildman–Crippen LogP) is 5.95. The molecule has 258 valence electrons. The van der Waals surface area contributed by atoms with Crippen LogP contribution < -0.4 is 4.90 Å². The molecule has 12 nitrogen and oxygen atoms in total. The van der Waals surface area contributed by atoms with Crippen molar-refractivity contribution in [1.29, 1.82) is 0 Å². The van der Waals surface area contributed by atoms with E-state index in [0.717, 1.165) is 36.5 Å². The van der Waals surface area contributed by atoms with Crippen LogP contribution in [0.2, 0.25) is 0 Å². The van der Waals surface area contributed by atoms with E-state index in [1.54, 1.807) is 23.8 Å². The number of carbonyl (C=O) groups excluding carboxylic acids is 1. The summed E-state index contributed by atoms with van der Waals surface area (Å²) >= 11 is 0. The van der Waals surface area contributed by atoms with Gasteiger partial charge in [-0.25, -0.2) is 14.5 Å². The lowest BCUT2D eigenvalue weighted by Gasteiger charge is -2.41. The first-order valence-corrected chi connectivity index (χ1v) is 16.6. The number of nitrogens with zero attached hydrogens (tertiary/aromatic N) is 7. The van der Waals surface area contributed by atoms with Crippen LogP contribution in [0.15, 0.2) is 37.6 Å². The van der Waals surface area contributed by atoms with E-state index < -0.39 is 17.7 Å². The Labute approximate surface area is 279 Å². The van der Waals surface area contributed by atoms with Crippen molar-refractivity contribution in [2.24, 2.45) is 5.92 Å². The molecule has 0 spiro atoms. The number of piperidine rings is 1. The second-order valence-corrected chi connectivity index (χ2v) is 13.8. The lowest BCUT2D eigenvalue weighted by molar-refractivity contribution is -0.166. The van der Waals surface area contributed by atoms with Crippen molar-refractivity contribution < 1.29 is 23.7 Å². The highest BCUT2D eigenvalue weighted by Gasteiger charge is 2.38. The Hall–Kier alpha value is -3.61. The molecular formula is C35H53N7O5. The smallest absolute Gasteiger partial charge is 0.340 e. The summed E-state index contributed by atoms with van der Waals surface area (Å²) in [5.41, 5.74) is 2.60. The van der Waals surface area contributed by atoms with Gasteiger partial charge in [0.15, 0.2) is 11.8 Å². The zero-order chi connectivity index (χ0) is 34.4. The fourth-order valence-corrected chi connectivity index (χ4v) is 5.83. The van der Waals surface area contributed by atoms with E-state index in [9.17, 15) is 4.79 Å². The van der Waals surface area contributed by atoms with E-state index in [2.05, 4.69) is 49.1 Å². The number of carbonyl (C=O) groups is 1. The molecule has 0 saturated carbocycles. The first-order valence-electron chi connectivity index (χ1n) is 16.6. The minimum absolute atomic E-state index is 0.177. The van der Waals surface area contributed by atoms with E-state index >= 15 is 0 Å². The van der Waals surface area contributed by atoms with Crippen LogP contribution in [0, 0.1) is 12.8 Å². The molecule has 2 atom stereocenters.